The highest BCUT2D eigenvalue weighted by Crippen LogP contribution is 2.18. The Balaban J connectivity index is 1.29. The molecule has 1 saturated carbocycles. The summed E-state index contributed by atoms with van der Waals surface area (Å²) < 4.78 is 7.59. The van der Waals surface area contributed by atoms with E-state index in [1.54, 1.807) is 7.05 Å². The Morgan fingerprint density at radius 3 is 2.58 bits per heavy atom. The number of benzene rings is 1. The van der Waals surface area contributed by atoms with Crippen molar-refractivity contribution in [2.24, 2.45) is 4.99 Å². The van der Waals surface area contributed by atoms with Gasteiger partial charge in [-0.25, -0.2) is 0 Å². The van der Waals surface area contributed by atoms with Gasteiger partial charge in [0, 0.05) is 38.4 Å². The number of guanidine groups is 1. The Morgan fingerprint density at radius 2 is 1.94 bits per heavy atom. The number of amides is 1. The monoisotopic (exact) mass is 426 g/mol. The summed E-state index contributed by atoms with van der Waals surface area (Å²) in [5, 5.41) is 14.1. The molecule has 1 aliphatic carbocycles. The molecule has 168 valence electrons. The molecule has 8 heteroatoms. The minimum atomic E-state index is -0.0514. The molecule has 0 spiro atoms. The fraction of sp³-hybridized carbons (Fsp3) is 0.522. The summed E-state index contributed by atoms with van der Waals surface area (Å²) in [6, 6.07) is 10.3. The van der Waals surface area contributed by atoms with Crippen molar-refractivity contribution in [1.29, 1.82) is 0 Å². The van der Waals surface area contributed by atoms with Gasteiger partial charge in [0.2, 0.25) is 0 Å². The fourth-order valence-electron chi connectivity index (χ4n) is 3.28. The van der Waals surface area contributed by atoms with E-state index in [-0.39, 0.29) is 12.5 Å². The average molecular weight is 427 g/mol. The zero-order valence-corrected chi connectivity index (χ0v) is 18.8. The number of hydrogen-bond acceptors (Lipinski definition) is 4. The zero-order valence-electron chi connectivity index (χ0n) is 18.8. The van der Waals surface area contributed by atoms with E-state index in [1.807, 2.05) is 35.9 Å². The number of aromatic nitrogens is 2. The van der Waals surface area contributed by atoms with Crippen molar-refractivity contribution in [2.75, 3.05) is 26.7 Å². The van der Waals surface area contributed by atoms with E-state index in [9.17, 15) is 4.79 Å². The maximum absolute atomic E-state index is 11.7. The molecule has 8 nitrogen and oxygen atoms in total. The van der Waals surface area contributed by atoms with Crippen molar-refractivity contribution in [3.8, 4) is 5.75 Å². The van der Waals surface area contributed by atoms with E-state index in [0.717, 1.165) is 57.0 Å². The van der Waals surface area contributed by atoms with Gasteiger partial charge in [0.25, 0.3) is 5.91 Å². The van der Waals surface area contributed by atoms with E-state index in [0.29, 0.717) is 11.8 Å². The van der Waals surface area contributed by atoms with E-state index in [1.165, 1.54) is 11.3 Å². The molecule has 1 aromatic heterocycles. The predicted octanol–water partition coefficient (Wildman–Crippen LogP) is 1.96. The second-order valence-corrected chi connectivity index (χ2v) is 7.95. The van der Waals surface area contributed by atoms with Crippen LogP contribution in [0.1, 0.15) is 36.2 Å². The second-order valence-electron chi connectivity index (χ2n) is 7.95. The van der Waals surface area contributed by atoms with Gasteiger partial charge < -0.3 is 20.7 Å². The molecule has 0 aliphatic heterocycles. The van der Waals surface area contributed by atoms with Gasteiger partial charge in [-0.2, -0.15) is 5.10 Å². The van der Waals surface area contributed by atoms with Gasteiger partial charge in [-0.1, -0.05) is 12.1 Å². The molecule has 3 N–H and O–H groups in total. The van der Waals surface area contributed by atoms with E-state index in [4.69, 9.17) is 4.74 Å². The Kier molecular flexibility index (Phi) is 8.32. The fourth-order valence-corrected chi connectivity index (χ4v) is 3.28. The first-order valence-corrected chi connectivity index (χ1v) is 11.0. The third-order valence-corrected chi connectivity index (χ3v) is 5.11. The van der Waals surface area contributed by atoms with Gasteiger partial charge in [-0.15, -0.1) is 0 Å². The SMILES string of the molecule is CN=C(NCCCn1nc(C)cc1C)NCCc1ccc(OCC(=O)NC2CC2)cc1. The van der Waals surface area contributed by atoms with Crippen LogP contribution in [-0.4, -0.2) is 54.4 Å². The van der Waals surface area contributed by atoms with E-state index in [2.05, 4.69) is 39.0 Å². The van der Waals surface area contributed by atoms with Crippen LogP contribution in [0.4, 0.5) is 0 Å². The number of ether oxygens (including phenoxy) is 1. The third kappa shape index (κ3) is 7.96. The Bertz CT molecular complexity index is 871. The lowest BCUT2D eigenvalue weighted by Gasteiger charge is -2.12. The molecular weight excluding hydrogens is 392 g/mol. The molecule has 1 aliphatic rings. The molecule has 31 heavy (non-hydrogen) atoms. The maximum atomic E-state index is 11.7. The molecule has 1 heterocycles. The Hall–Kier alpha value is -3.03. The number of hydrogen-bond donors (Lipinski definition) is 3. The van der Waals surface area contributed by atoms with Crippen molar-refractivity contribution in [2.45, 2.75) is 52.1 Å². The number of nitrogens with one attached hydrogen (secondary N) is 3. The quantitative estimate of drug-likeness (QED) is 0.290. The van der Waals surface area contributed by atoms with Crippen LogP contribution in [-0.2, 0) is 17.8 Å². The number of nitrogens with zero attached hydrogens (tertiary/aromatic N) is 3. The van der Waals surface area contributed by atoms with Crippen LogP contribution in [0.25, 0.3) is 0 Å². The summed E-state index contributed by atoms with van der Waals surface area (Å²) in [5.74, 6) is 1.46. The zero-order chi connectivity index (χ0) is 22.1. The standard InChI is InChI=1S/C23H34N6O2/c1-17-15-18(2)29(28-17)14-4-12-25-23(24-3)26-13-11-19-5-9-21(10-6-19)31-16-22(30)27-20-7-8-20/h5-6,9-10,15,20H,4,7-8,11-14,16H2,1-3H3,(H,27,30)(H2,24,25,26). The first-order valence-electron chi connectivity index (χ1n) is 11.0. The number of carbonyl (C=O) groups excluding carboxylic acids is 1. The van der Waals surface area contributed by atoms with Crippen LogP contribution in [0, 0.1) is 13.8 Å². The molecule has 2 aromatic rings. The molecule has 0 bridgehead atoms. The predicted molar refractivity (Wildman–Crippen MR) is 122 cm³/mol. The summed E-state index contributed by atoms with van der Waals surface area (Å²) in [6.45, 7) is 6.67. The minimum Gasteiger partial charge on any atom is -0.484 e. The highest BCUT2D eigenvalue weighted by Gasteiger charge is 2.23. The largest absolute Gasteiger partial charge is 0.484 e. The van der Waals surface area contributed by atoms with Crippen LogP contribution < -0.4 is 20.7 Å². The smallest absolute Gasteiger partial charge is 0.258 e. The van der Waals surface area contributed by atoms with Crippen LogP contribution in [0.2, 0.25) is 0 Å². The van der Waals surface area contributed by atoms with Crippen LogP contribution in [0.15, 0.2) is 35.3 Å². The maximum Gasteiger partial charge on any atom is 0.258 e. The van der Waals surface area contributed by atoms with Crippen LogP contribution in [0.3, 0.4) is 0 Å². The molecule has 1 amide bonds. The molecule has 1 fully saturated rings. The van der Waals surface area contributed by atoms with Gasteiger partial charge in [0.1, 0.15) is 5.75 Å². The summed E-state index contributed by atoms with van der Waals surface area (Å²) in [7, 11) is 1.78. The Labute approximate surface area is 184 Å². The molecule has 0 atom stereocenters. The van der Waals surface area contributed by atoms with Gasteiger partial charge >= 0.3 is 0 Å². The molecule has 0 saturated heterocycles. The lowest BCUT2D eigenvalue weighted by molar-refractivity contribution is -0.123. The summed E-state index contributed by atoms with van der Waals surface area (Å²) in [4.78, 5) is 16.0. The van der Waals surface area contributed by atoms with Crippen LogP contribution in [0.5, 0.6) is 5.75 Å². The third-order valence-electron chi connectivity index (χ3n) is 5.11. The Morgan fingerprint density at radius 1 is 1.19 bits per heavy atom. The lowest BCUT2D eigenvalue weighted by atomic mass is 10.1. The summed E-state index contributed by atoms with van der Waals surface area (Å²) in [5.41, 5.74) is 3.45. The number of aliphatic imine (C=N–C) groups is 1. The van der Waals surface area contributed by atoms with Gasteiger partial charge in [0.05, 0.1) is 5.69 Å². The van der Waals surface area contributed by atoms with Gasteiger partial charge in [0.15, 0.2) is 12.6 Å². The molecule has 1 aromatic carbocycles. The van der Waals surface area contributed by atoms with E-state index >= 15 is 0 Å². The van der Waals surface area contributed by atoms with Crippen molar-refractivity contribution in [1.82, 2.24) is 25.7 Å². The van der Waals surface area contributed by atoms with Gasteiger partial charge in [-0.3, -0.25) is 14.5 Å². The minimum absolute atomic E-state index is 0.0514. The first-order chi connectivity index (χ1) is 15.0. The number of aryl methyl sites for hydroxylation is 3. The highest BCUT2D eigenvalue weighted by atomic mass is 16.5. The molecular formula is C23H34N6O2. The number of carbonyl (C=O) groups is 1. The van der Waals surface area contributed by atoms with Crippen molar-refractivity contribution in [3.05, 3.63) is 47.3 Å². The lowest BCUT2D eigenvalue weighted by Crippen LogP contribution is -2.39. The first kappa shape index (κ1) is 22.7. The normalized spacial score (nSPS) is 13.7. The van der Waals surface area contributed by atoms with Crippen molar-refractivity contribution >= 4 is 11.9 Å². The molecule has 0 radical (unpaired) electrons. The summed E-state index contributed by atoms with van der Waals surface area (Å²) in [6.07, 6.45) is 4.01. The molecule has 0 unspecified atom stereocenters. The van der Waals surface area contributed by atoms with Crippen molar-refractivity contribution < 1.29 is 9.53 Å². The van der Waals surface area contributed by atoms with Gasteiger partial charge in [-0.05, 0) is 63.3 Å². The molecule has 3 rings (SSSR count). The van der Waals surface area contributed by atoms with Crippen molar-refractivity contribution in [3.63, 3.8) is 0 Å². The highest BCUT2D eigenvalue weighted by molar-refractivity contribution is 5.79. The van der Waals surface area contributed by atoms with E-state index < -0.39 is 0 Å². The topological polar surface area (TPSA) is 92.6 Å². The number of rotatable bonds is 11. The second kappa shape index (κ2) is 11.4. The average Bonchev–Trinajstić information content (AvgIpc) is 3.51. The van der Waals surface area contributed by atoms with Crippen LogP contribution >= 0.6 is 0 Å². The summed E-state index contributed by atoms with van der Waals surface area (Å²) >= 11 is 0.